The first kappa shape index (κ1) is 14.6. The van der Waals surface area contributed by atoms with Gasteiger partial charge in [0, 0.05) is 38.0 Å². The number of rotatable bonds is 2. The number of piperazine rings is 1. The first-order chi connectivity index (χ1) is 10.3. The van der Waals surface area contributed by atoms with Gasteiger partial charge in [0.15, 0.2) is 0 Å². The highest BCUT2D eigenvalue weighted by Crippen LogP contribution is 2.27. The monoisotopic (exact) mass is 290 g/mol. The van der Waals surface area contributed by atoms with Crippen molar-refractivity contribution in [3.8, 4) is 0 Å². The fraction of sp³-hybridized carbons (Fsp3) is 0.765. The van der Waals surface area contributed by atoms with Crippen LogP contribution in [0.5, 0.6) is 0 Å². The lowest BCUT2D eigenvalue weighted by Gasteiger charge is -2.37. The largest absolute Gasteiger partial charge is 0.339 e. The summed E-state index contributed by atoms with van der Waals surface area (Å²) in [6.07, 6.45) is 11.7. The number of nitrogens with zero attached hydrogens (tertiary/aromatic N) is 2. The van der Waals surface area contributed by atoms with E-state index in [1.54, 1.807) is 0 Å². The van der Waals surface area contributed by atoms with Crippen LogP contribution in [0.2, 0.25) is 0 Å². The minimum absolute atomic E-state index is 0.173. The molecule has 4 heteroatoms. The van der Waals surface area contributed by atoms with Gasteiger partial charge in [-0.1, -0.05) is 25.0 Å². The first-order valence-electron chi connectivity index (χ1n) is 8.48. The molecule has 4 nitrogen and oxygen atoms in total. The molecular weight excluding hydrogens is 264 g/mol. The van der Waals surface area contributed by atoms with E-state index >= 15 is 0 Å². The van der Waals surface area contributed by atoms with E-state index in [1.807, 2.05) is 9.80 Å². The Morgan fingerprint density at radius 2 is 1.33 bits per heavy atom. The minimum Gasteiger partial charge on any atom is -0.339 e. The second-order valence-electron chi connectivity index (χ2n) is 6.61. The van der Waals surface area contributed by atoms with Crippen molar-refractivity contribution in [3.63, 3.8) is 0 Å². The van der Waals surface area contributed by atoms with E-state index in [0.717, 1.165) is 58.3 Å². The minimum atomic E-state index is 0.173. The molecule has 0 spiro atoms. The molecule has 0 N–H and O–H groups in total. The number of hydrogen-bond donors (Lipinski definition) is 0. The smallest absolute Gasteiger partial charge is 0.226 e. The quantitative estimate of drug-likeness (QED) is 0.732. The van der Waals surface area contributed by atoms with Gasteiger partial charge < -0.3 is 9.80 Å². The van der Waals surface area contributed by atoms with Gasteiger partial charge in [0.05, 0.1) is 0 Å². The Balaban J connectivity index is 1.49. The molecule has 1 unspecified atom stereocenters. The maximum atomic E-state index is 12.5. The van der Waals surface area contributed by atoms with Gasteiger partial charge in [-0.2, -0.15) is 0 Å². The lowest BCUT2D eigenvalue weighted by molar-refractivity contribution is -0.144. The average molecular weight is 290 g/mol. The zero-order chi connectivity index (χ0) is 14.7. The second-order valence-corrected chi connectivity index (χ2v) is 6.61. The van der Waals surface area contributed by atoms with Crippen LogP contribution in [0.3, 0.4) is 0 Å². The summed E-state index contributed by atoms with van der Waals surface area (Å²) in [7, 11) is 0. The van der Waals surface area contributed by atoms with E-state index in [0.29, 0.717) is 11.8 Å². The predicted octanol–water partition coefficient (Wildman–Crippen LogP) is 2.20. The van der Waals surface area contributed by atoms with Crippen molar-refractivity contribution in [3.05, 3.63) is 12.2 Å². The lowest BCUT2D eigenvalue weighted by Crippen LogP contribution is -2.53. The molecular formula is C17H26N2O2. The summed E-state index contributed by atoms with van der Waals surface area (Å²) in [5.41, 5.74) is 0. The average Bonchev–Trinajstić information content (AvgIpc) is 3.09. The summed E-state index contributed by atoms with van der Waals surface area (Å²) < 4.78 is 0. The Bertz CT molecular complexity index is 419. The molecule has 1 atom stereocenters. The highest BCUT2D eigenvalue weighted by atomic mass is 16.2. The third-order valence-electron chi connectivity index (χ3n) is 5.23. The van der Waals surface area contributed by atoms with Gasteiger partial charge in [0.25, 0.3) is 0 Å². The van der Waals surface area contributed by atoms with Crippen molar-refractivity contribution < 1.29 is 9.59 Å². The van der Waals surface area contributed by atoms with Crippen molar-refractivity contribution in [2.45, 2.75) is 44.9 Å². The summed E-state index contributed by atoms with van der Waals surface area (Å²) in [5.74, 6) is 1.07. The summed E-state index contributed by atoms with van der Waals surface area (Å²) in [4.78, 5) is 28.8. The van der Waals surface area contributed by atoms with E-state index in [2.05, 4.69) is 12.2 Å². The van der Waals surface area contributed by atoms with E-state index in [4.69, 9.17) is 0 Å². The molecule has 0 aromatic heterocycles. The van der Waals surface area contributed by atoms with Gasteiger partial charge >= 0.3 is 0 Å². The molecule has 2 aliphatic carbocycles. The van der Waals surface area contributed by atoms with Crippen LogP contribution >= 0.6 is 0 Å². The van der Waals surface area contributed by atoms with Crippen LogP contribution in [0.1, 0.15) is 44.9 Å². The summed E-state index contributed by atoms with van der Waals surface area (Å²) in [6.45, 7) is 2.89. The van der Waals surface area contributed by atoms with Gasteiger partial charge in [-0.3, -0.25) is 9.59 Å². The number of amides is 2. The van der Waals surface area contributed by atoms with Gasteiger partial charge in [-0.25, -0.2) is 0 Å². The van der Waals surface area contributed by atoms with Crippen LogP contribution in [-0.4, -0.2) is 47.8 Å². The molecule has 2 fully saturated rings. The maximum absolute atomic E-state index is 12.5. The van der Waals surface area contributed by atoms with Crippen LogP contribution in [0.15, 0.2) is 12.2 Å². The highest BCUT2D eigenvalue weighted by molar-refractivity contribution is 5.81. The van der Waals surface area contributed by atoms with E-state index in [1.165, 1.54) is 12.8 Å². The predicted molar refractivity (Wildman–Crippen MR) is 81.6 cm³/mol. The van der Waals surface area contributed by atoms with Crippen LogP contribution in [-0.2, 0) is 9.59 Å². The maximum Gasteiger partial charge on any atom is 0.226 e. The zero-order valence-corrected chi connectivity index (χ0v) is 12.8. The SMILES string of the molecule is O=C(C1CC=CCC1)N1CCN(C(=O)C2CCCC2)CC1. The first-order valence-corrected chi connectivity index (χ1v) is 8.48. The molecule has 1 saturated carbocycles. The lowest BCUT2D eigenvalue weighted by atomic mass is 9.93. The Hall–Kier alpha value is -1.32. The molecule has 0 aromatic rings. The number of carbonyl (C=O) groups is 2. The fourth-order valence-electron chi connectivity index (χ4n) is 3.85. The van der Waals surface area contributed by atoms with Crippen molar-refractivity contribution in [1.82, 2.24) is 9.80 Å². The van der Waals surface area contributed by atoms with Gasteiger partial charge in [0.2, 0.25) is 11.8 Å². The standard InChI is InChI=1S/C17H26N2O2/c20-16(14-6-2-1-3-7-14)18-10-12-19(13-11-18)17(21)15-8-4-5-9-15/h1-2,14-15H,3-13H2. The Labute approximate surface area is 127 Å². The molecule has 0 radical (unpaired) electrons. The molecule has 1 heterocycles. The van der Waals surface area contributed by atoms with Crippen LogP contribution in [0, 0.1) is 11.8 Å². The van der Waals surface area contributed by atoms with Crippen molar-refractivity contribution in [1.29, 1.82) is 0 Å². The normalized spacial score (nSPS) is 27.1. The molecule has 3 aliphatic rings. The second kappa shape index (κ2) is 6.63. The van der Waals surface area contributed by atoms with Crippen LogP contribution in [0.4, 0.5) is 0 Å². The van der Waals surface area contributed by atoms with Crippen molar-refractivity contribution >= 4 is 11.8 Å². The highest BCUT2D eigenvalue weighted by Gasteiger charge is 2.32. The Morgan fingerprint density at radius 1 is 0.762 bits per heavy atom. The Morgan fingerprint density at radius 3 is 1.86 bits per heavy atom. The molecule has 1 aliphatic heterocycles. The number of hydrogen-bond acceptors (Lipinski definition) is 2. The molecule has 2 amide bonds. The molecule has 0 bridgehead atoms. The van der Waals surface area contributed by atoms with Crippen molar-refractivity contribution in [2.24, 2.45) is 11.8 Å². The van der Waals surface area contributed by atoms with E-state index in [-0.39, 0.29) is 11.8 Å². The number of carbonyl (C=O) groups excluding carboxylic acids is 2. The molecule has 0 aromatic carbocycles. The third-order valence-corrected chi connectivity index (χ3v) is 5.23. The zero-order valence-electron chi connectivity index (χ0n) is 12.8. The fourth-order valence-corrected chi connectivity index (χ4v) is 3.85. The van der Waals surface area contributed by atoms with Gasteiger partial charge in [0.1, 0.15) is 0 Å². The molecule has 3 rings (SSSR count). The third kappa shape index (κ3) is 3.30. The number of allylic oxidation sites excluding steroid dienone is 2. The van der Waals surface area contributed by atoms with Gasteiger partial charge in [-0.05, 0) is 32.1 Å². The summed E-state index contributed by atoms with van der Waals surface area (Å²) in [6, 6.07) is 0. The van der Waals surface area contributed by atoms with E-state index < -0.39 is 0 Å². The van der Waals surface area contributed by atoms with Gasteiger partial charge in [-0.15, -0.1) is 0 Å². The Kier molecular flexibility index (Phi) is 4.61. The molecule has 21 heavy (non-hydrogen) atoms. The van der Waals surface area contributed by atoms with E-state index in [9.17, 15) is 9.59 Å². The topological polar surface area (TPSA) is 40.6 Å². The van der Waals surface area contributed by atoms with Crippen LogP contribution < -0.4 is 0 Å². The molecule has 116 valence electrons. The molecule has 1 saturated heterocycles. The summed E-state index contributed by atoms with van der Waals surface area (Å²) >= 11 is 0. The van der Waals surface area contributed by atoms with Crippen LogP contribution in [0.25, 0.3) is 0 Å². The van der Waals surface area contributed by atoms with Crippen molar-refractivity contribution in [2.75, 3.05) is 26.2 Å². The summed E-state index contributed by atoms with van der Waals surface area (Å²) in [5, 5.41) is 0.